The molecular formula is C9H21P. The van der Waals surface area contributed by atoms with Crippen molar-refractivity contribution in [3.63, 3.8) is 0 Å². The molecule has 0 aromatic rings. The van der Waals surface area contributed by atoms with Gasteiger partial charge in [0.25, 0.3) is 0 Å². The van der Waals surface area contributed by atoms with E-state index in [0.717, 1.165) is 20.2 Å². The maximum absolute atomic E-state index is 2.37. The summed E-state index contributed by atoms with van der Waals surface area (Å²) in [6, 6.07) is 0. The summed E-state index contributed by atoms with van der Waals surface area (Å²) < 4.78 is 0. The van der Waals surface area contributed by atoms with Gasteiger partial charge in [-0.05, 0) is 16.7 Å². The van der Waals surface area contributed by atoms with Gasteiger partial charge in [-0.2, -0.15) is 0 Å². The molecule has 0 fully saturated rings. The molecule has 0 heterocycles. The van der Waals surface area contributed by atoms with Gasteiger partial charge >= 0.3 is 0 Å². The van der Waals surface area contributed by atoms with Gasteiger partial charge in [-0.25, -0.2) is 0 Å². The highest BCUT2D eigenvalue weighted by Gasteiger charge is 2.22. The summed E-state index contributed by atoms with van der Waals surface area (Å²) in [5, 5.41) is 0.550. The van der Waals surface area contributed by atoms with Crippen LogP contribution in [0.2, 0.25) is 0 Å². The zero-order valence-corrected chi connectivity index (χ0v) is 9.15. The fraction of sp³-hybridized carbons (Fsp3) is 1.00. The van der Waals surface area contributed by atoms with Gasteiger partial charge < -0.3 is 0 Å². The standard InChI is InChI=1S/C9H21P/c1-7(2)9(5,6)10-8(3)4/h7-8,10H,1-6H3. The van der Waals surface area contributed by atoms with Gasteiger partial charge in [0.2, 0.25) is 0 Å². The van der Waals surface area contributed by atoms with E-state index in [0.29, 0.717) is 5.16 Å². The van der Waals surface area contributed by atoms with Crippen molar-refractivity contribution in [3.05, 3.63) is 0 Å². The van der Waals surface area contributed by atoms with Crippen LogP contribution in [0.5, 0.6) is 0 Å². The molecule has 10 heavy (non-hydrogen) atoms. The normalized spacial score (nSPS) is 14.4. The van der Waals surface area contributed by atoms with E-state index >= 15 is 0 Å². The van der Waals surface area contributed by atoms with Crippen LogP contribution in [0.1, 0.15) is 41.5 Å². The summed E-state index contributed by atoms with van der Waals surface area (Å²) in [6.45, 7) is 14.0. The largest absolute Gasteiger partial charge is 0.113 e. The molecule has 1 unspecified atom stereocenters. The van der Waals surface area contributed by atoms with Crippen molar-refractivity contribution in [3.8, 4) is 0 Å². The molecule has 0 amide bonds. The van der Waals surface area contributed by atoms with Crippen LogP contribution in [0.4, 0.5) is 0 Å². The van der Waals surface area contributed by atoms with Gasteiger partial charge in [-0.15, -0.1) is 8.58 Å². The average Bonchev–Trinajstić information content (AvgIpc) is 1.60. The van der Waals surface area contributed by atoms with Crippen molar-refractivity contribution < 1.29 is 0 Å². The molecule has 0 saturated heterocycles. The number of hydrogen-bond donors (Lipinski definition) is 0. The van der Waals surface area contributed by atoms with E-state index in [1.165, 1.54) is 0 Å². The zero-order chi connectivity index (χ0) is 8.36. The number of hydrogen-bond acceptors (Lipinski definition) is 0. The zero-order valence-electron chi connectivity index (χ0n) is 8.15. The maximum atomic E-state index is 2.37. The Bertz CT molecular complexity index is 92.9. The monoisotopic (exact) mass is 160 g/mol. The third kappa shape index (κ3) is 3.56. The van der Waals surface area contributed by atoms with E-state index in [1.54, 1.807) is 0 Å². The van der Waals surface area contributed by atoms with Crippen LogP contribution >= 0.6 is 8.58 Å². The Labute approximate surface area is 67.6 Å². The Kier molecular flexibility index (Phi) is 3.88. The summed E-state index contributed by atoms with van der Waals surface area (Å²) in [4.78, 5) is 0. The lowest BCUT2D eigenvalue weighted by Gasteiger charge is -2.31. The fourth-order valence-corrected chi connectivity index (χ4v) is 2.73. The molecule has 1 heteroatoms. The molecule has 0 nitrogen and oxygen atoms in total. The summed E-state index contributed by atoms with van der Waals surface area (Å²) in [6.07, 6.45) is 0. The second-order valence-corrected chi connectivity index (χ2v) is 6.91. The molecule has 0 aromatic heterocycles. The van der Waals surface area contributed by atoms with Crippen molar-refractivity contribution >= 4 is 8.58 Å². The Hall–Kier alpha value is 0.430. The molecule has 0 bridgehead atoms. The van der Waals surface area contributed by atoms with Crippen LogP contribution in [0.3, 0.4) is 0 Å². The Morgan fingerprint density at radius 1 is 1.00 bits per heavy atom. The smallest absolute Gasteiger partial charge is 0.0153 e. The third-order valence-corrected chi connectivity index (χ3v) is 4.00. The molecule has 0 aromatic carbocycles. The van der Waals surface area contributed by atoms with Gasteiger partial charge in [0.1, 0.15) is 0 Å². The van der Waals surface area contributed by atoms with Crippen LogP contribution in [-0.2, 0) is 0 Å². The van der Waals surface area contributed by atoms with Crippen LogP contribution in [0.25, 0.3) is 0 Å². The number of rotatable bonds is 3. The average molecular weight is 160 g/mol. The van der Waals surface area contributed by atoms with E-state index < -0.39 is 0 Å². The predicted molar refractivity (Wildman–Crippen MR) is 52.4 cm³/mol. The molecule has 0 saturated carbocycles. The highest BCUT2D eigenvalue weighted by molar-refractivity contribution is 7.40. The van der Waals surface area contributed by atoms with Crippen LogP contribution in [0, 0.1) is 5.92 Å². The first kappa shape index (κ1) is 10.4. The quantitative estimate of drug-likeness (QED) is 0.554. The van der Waals surface area contributed by atoms with Crippen LogP contribution in [-0.4, -0.2) is 10.8 Å². The van der Waals surface area contributed by atoms with Gasteiger partial charge in [0, 0.05) is 0 Å². The molecule has 0 rings (SSSR count). The van der Waals surface area contributed by atoms with Gasteiger partial charge in [0.05, 0.1) is 0 Å². The topological polar surface area (TPSA) is 0 Å². The maximum Gasteiger partial charge on any atom is -0.0153 e. The highest BCUT2D eigenvalue weighted by atomic mass is 31.1. The molecule has 0 radical (unpaired) electrons. The van der Waals surface area contributed by atoms with Gasteiger partial charge in [-0.3, -0.25) is 0 Å². The lowest BCUT2D eigenvalue weighted by atomic mass is 10.00. The first-order valence-corrected chi connectivity index (χ1v) is 5.21. The Morgan fingerprint density at radius 3 is 1.50 bits per heavy atom. The van der Waals surface area contributed by atoms with Crippen molar-refractivity contribution in [1.29, 1.82) is 0 Å². The van der Waals surface area contributed by atoms with E-state index in [-0.39, 0.29) is 0 Å². The Balaban J connectivity index is 3.87. The first-order chi connectivity index (χ1) is 4.36. The fourth-order valence-electron chi connectivity index (χ4n) is 0.911. The second-order valence-electron chi connectivity index (χ2n) is 4.18. The highest BCUT2D eigenvalue weighted by Crippen LogP contribution is 2.40. The van der Waals surface area contributed by atoms with Crippen LogP contribution in [0.15, 0.2) is 0 Å². The lowest BCUT2D eigenvalue weighted by molar-refractivity contribution is 0.496. The first-order valence-electron chi connectivity index (χ1n) is 4.14. The minimum absolute atomic E-state index is 0.550. The van der Waals surface area contributed by atoms with E-state index in [1.807, 2.05) is 0 Å². The van der Waals surface area contributed by atoms with E-state index in [9.17, 15) is 0 Å². The van der Waals surface area contributed by atoms with E-state index in [2.05, 4.69) is 41.5 Å². The van der Waals surface area contributed by atoms with E-state index in [4.69, 9.17) is 0 Å². The summed E-state index contributed by atoms with van der Waals surface area (Å²) in [5.74, 6) is 0.813. The molecule has 0 N–H and O–H groups in total. The van der Waals surface area contributed by atoms with Crippen LogP contribution < -0.4 is 0 Å². The molecule has 0 spiro atoms. The minimum Gasteiger partial charge on any atom is -0.113 e. The van der Waals surface area contributed by atoms with Crippen molar-refractivity contribution in [2.45, 2.75) is 52.4 Å². The summed E-state index contributed by atoms with van der Waals surface area (Å²) in [5.41, 5.74) is 0.859. The van der Waals surface area contributed by atoms with Gasteiger partial charge in [0.15, 0.2) is 0 Å². The second kappa shape index (κ2) is 3.72. The third-order valence-electron chi connectivity index (χ3n) is 2.10. The van der Waals surface area contributed by atoms with Crippen molar-refractivity contribution in [2.75, 3.05) is 0 Å². The lowest BCUT2D eigenvalue weighted by Crippen LogP contribution is -2.22. The molecule has 62 valence electrons. The molecular weight excluding hydrogens is 139 g/mol. The van der Waals surface area contributed by atoms with Crippen molar-refractivity contribution in [1.82, 2.24) is 0 Å². The molecule has 0 aliphatic heterocycles. The molecule has 1 atom stereocenters. The summed E-state index contributed by atoms with van der Waals surface area (Å²) >= 11 is 0. The van der Waals surface area contributed by atoms with Gasteiger partial charge in [-0.1, -0.05) is 41.5 Å². The summed E-state index contributed by atoms with van der Waals surface area (Å²) in [7, 11) is 1.10. The SMILES string of the molecule is CC(C)PC(C)(C)C(C)C. The molecule has 0 aliphatic carbocycles. The molecule has 0 aliphatic rings. The Morgan fingerprint density at radius 2 is 1.40 bits per heavy atom. The minimum atomic E-state index is 0.550. The predicted octanol–water partition coefficient (Wildman–Crippen LogP) is 3.51. The van der Waals surface area contributed by atoms with Crippen molar-refractivity contribution in [2.24, 2.45) is 5.92 Å².